The van der Waals surface area contributed by atoms with Gasteiger partial charge in [-0.3, -0.25) is 0 Å². The molecular formula is C15H14FN3O. The lowest BCUT2D eigenvalue weighted by molar-refractivity contribution is 0.437. The van der Waals surface area contributed by atoms with Gasteiger partial charge in [0.25, 0.3) is 0 Å². The molecule has 0 atom stereocenters. The first-order valence-electron chi connectivity index (χ1n) is 6.31. The Morgan fingerprint density at radius 3 is 2.50 bits per heavy atom. The molecule has 2 aromatic heterocycles. The Labute approximate surface area is 115 Å². The molecule has 0 aliphatic carbocycles. The minimum Gasteiger partial charge on any atom is -0.438 e. The number of ether oxygens (including phenoxy) is 1. The van der Waals surface area contributed by atoms with Gasteiger partial charge in [0.15, 0.2) is 0 Å². The highest BCUT2D eigenvalue weighted by atomic mass is 19.1. The molecule has 4 nitrogen and oxygen atoms in total. The highest BCUT2D eigenvalue weighted by molar-refractivity contribution is 5.80. The van der Waals surface area contributed by atoms with Crippen LogP contribution in [0, 0.1) is 26.8 Å². The van der Waals surface area contributed by atoms with Crippen molar-refractivity contribution in [1.29, 1.82) is 0 Å². The van der Waals surface area contributed by atoms with Crippen LogP contribution in [0.25, 0.3) is 11.0 Å². The zero-order valence-electron chi connectivity index (χ0n) is 11.5. The maximum atomic E-state index is 13.4. The molecule has 5 heteroatoms. The third-order valence-electron chi connectivity index (χ3n) is 3.16. The second-order valence-corrected chi connectivity index (χ2v) is 4.87. The molecule has 1 N–H and O–H groups in total. The van der Waals surface area contributed by atoms with E-state index >= 15 is 0 Å². The minimum absolute atomic E-state index is 0.226. The van der Waals surface area contributed by atoms with E-state index in [4.69, 9.17) is 4.74 Å². The Morgan fingerprint density at radius 1 is 1.10 bits per heavy atom. The number of nitrogens with one attached hydrogen (secondary N) is 1. The van der Waals surface area contributed by atoms with Gasteiger partial charge in [-0.15, -0.1) is 0 Å². The van der Waals surface area contributed by atoms with E-state index in [1.165, 1.54) is 0 Å². The van der Waals surface area contributed by atoms with Crippen LogP contribution < -0.4 is 4.74 Å². The molecule has 0 saturated carbocycles. The second kappa shape index (κ2) is 4.59. The topological polar surface area (TPSA) is 50.8 Å². The molecule has 0 aliphatic rings. The fourth-order valence-corrected chi connectivity index (χ4v) is 2.39. The maximum absolute atomic E-state index is 13.4. The molecule has 0 aliphatic heterocycles. The molecule has 1 aromatic carbocycles. The van der Waals surface area contributed by atoms with Gasteiger partial charge < -0.3 is 9.72 Å². The van der Waals surface area contributed by atoms with Crippen LogP contribution in [-0.4, -0.2) is 15.0 Å². The molecule has 2 heterocycles. The zero-order chi connectivity index (χ0) is 14.3. The van der Waals surface area contributed by atoms with Crippen LogP contribution in [0.5, 0.6) is 11.6 Å². The van der Waals surface area contributed by atoms with E-state index in [-0.39, 0.29) is 5.88 Å². The highest BCUT2D eigenvalue weighted by Gasteiger charge is 2.13. The van der Waals surface area contributed by atoms with Gasteiger partial charge in [-0.05, 0) is 38.0 Å². The lowest BCUT2D eigenvalue weighted by atomic mass is 10.1. The fraction of sp³-hybridized carbons (Fsp3) is 0.200. The third-order valence-corrected chi connectivity index (χ3v) is 3.16. The molecule has 0 amide bonds. The van der Waals surface area contributed by atoms with Crippen LogP contribution in [0.2, 0.25) is 0 Å². The molecule has 0 spiro atoms. The van der Waals surface area contributed by atoms with E-state index in [1.807, 2.05) is 32.9 Å². The summed E-state index contributed by atoms with van der Waals surface area (Å²) in [6.07, 6.45) is 0.873. The monoisotopic (exact) mass is 271 g/mol. The Bertz CT molecular complexity index is 772. The summed E-state index contributed by atoms with van der Waals surface area (Å²) in [6.45, 7) is 5.95. The van der Waals surface area contributed by atoms with E-state index in [0.29, 0.717) is 16.8 Å². The first kappa shape index (κ1) is 12.6. The summed E-state index contributed by atoms with van der Waals surface area (Å²) in [4.78, 5) is 10.3. The molecule has 102 valence electrons. The number of nitrogens with zero attached hydrogens (tertiary/aromatic N) is 2. The Balaban J connectivity index is 2.12. The first-order chi connectivity index (χ1) is 9.54. The van der Waals surface area contributed by atoms with Crippen molar-refractivity contribution in [3.8, 4) is 11.6 Å². The van der Waals surface area contributed by atoms with Crippen LogP contribution in [0.3, 0.4) is 0 Å². The largest absolute Gasteiger partial charge is 0.438 e. The van der Waals surface area contributed by atoms with Crippen LogP contribution >= 0.6 is 0 Å². The summed E-state index contributed by atoms with van der Waals surface area (Å²) >= 11 is 0. The summed E-state index contributed by atoms with van der Waals surface area (Å²) in [5.74, 6) is 0.931. The summed E-state index contributed by atoms with van der Waals surface area (Å²) in [5, 5.41) is 0.658. The molecule has 3 rings (SSSR count). The summed E-state index contributed by atoms with van der Waals surface area (Å²) in [5.41, 5.74) is 3.57. The van der Waals surface area contributed by atoms with E-state index in [9.17, 15) is 4.39 Å². The van der Waals surface area contributed by atoms with Crippen molar-refractivity contribution in [2.75, 3.05) is 0 Å². The number of hydrogen-bond donors (Lipinski definition) is 1. The predicted octanol–water partition coefficient (Wildman–Crippen LogP) is 3.81. The number of aryl methyl sites for hydroxylation is 3. The number of benzene rings is 1. The number of fused-ring (bicyclic) bond motifs is 1. The summed E-state index contributed by atoms with van der Waals surface area (Å²) < 4.78 is 19.3. The lowest BCUT2D eigenvalue weighted by Crippen LogP contribution is -1.98. The van der Waals surface area contributed by atoms with Gasteiger partial charge in [-0.2, -0.15) is 14.4 Å². The number of rotatable bonds is 2. The molecule has 0 saturated heterocycles. The number of H-pyrrole nitrogens is 1. The number of halogens is 1. The van der Waals surface area contributed by atoms with Gasteiger partial charge in [0, 0.05) is 6.20 Å². The SMILES string of the molecule is Cc1cc(C)c(Oc2nc(F)nc3[nH]ccc23)c(C)c1. The fourth-order valence-electron chi connectivity index (χ4n) is 2.39. The van der Waals surface area contributed by atoms with Crippen molar-refractivity contribution < 1.29 is 9.13 Å². The molecular weight excluding hydrogens is 257 g/mol. The standard InChI is InChI=1S/C15H14FN3O/c1-8-6-9(2)12(10(3)7-8)20-14-11-4-5-17-13(11)18-15(16)19-14/h4-7H,1-3H3,(H,17,18,19). The van der Waals surface area contributed by atoms with E-state index in [0.717, 1.165) is 16.7 Å². The van der Waals surface area contributed by atoms with Crippen LogP contribution in [0.15, 0.2) is 24.4 Å². The number of aromatic nitrogens is 3. The zero-order valence-corrected chi connectivity index (χ0v) is 11.5. The Kier molecular flexibility index (Phi) is 2.89. The molecule has 20 heavy (non-hydrogen) atoms. The van der Waals surface area contributed by atoms with Gasteiger partial charge in [-0.25, -0.2) is 0 Å². The Morgan fingerprint density at radius 2 is 1.80 bits per heavy atom. The second-order valence-electron chi connectivity index (χ2n) is 4.87. The third kappa shape index (κ3) is 2.11. The molecule has 3 aromatic rings. The maximum Gasteiger partial charge on any atom is 0.313 e. The van der Waals surface area contributed by atoms with Crippen molar-refractivity contribution in [2.24, 2.45) is 0 Å². The van der Waals surface area contributed by atoms with Crippen LogP contribution in [0.1, 0.15) is 16.7 Å². The van der Waals surface area contributed by atoms with E-state index < -0.39 is 6.08 Å². The first-order valence-corrected chi connectivity index (χ1v) is 6.31. The summed E-state index contributed by atoms with van der Waals surface area (Å²) in [6, 6.07) is 5.81. The Hall–Kier alpha value is -2.43. The van der Waals surface area contributed by atoms with E-state index in [2.05, 4.69) is 15.0 Å². The molecule has 0 fully saturated rings. The normalized spacial score (nSPS) is 11.0. The van der Waals surface area contributed by atoms with Crippen LogP contribution in [0.4, 0.5) is 4.39 Å². The quantitative estimate of drug-likeness (QED) is 0.721. The van der Waals surface area contributed by atoms with Gasteiger partial charge in [-0.1, -0.05) is 17.7 Å². The lowest BCUT2D eigenvalue weighted by Gasteiger charge is -2.12. The number of hydrogen-bond acceptors (Lipinski definition) is 3. The molecule has 0 unspecified atom stereocenters. The summed E-state index contributed by atoms with van der Waals surface area (Å²) in [7, 11) is 0. The molecule has 0 radical (unpaired) electrons. The smallest absolute Gasteiger partial charge is 0.313 e. The van der Waals surface area contributed by atoms with Crippen molar-refractivity contribution in [3.63, 3.8) is 0 Å². The average molecular weight is 271 g/mol. The average Bonchev–Trinajstić information content (AvgIpc) is 2.81. The van der Waals surface area contributed by atoms with Gasteiger partial charge >= 0.3 is 6.08 Å². The number of aromatic amines is 1. The van der Waals surface area contributed by atoms with Crippen molar-refractivity contribution in [3.05, 3.63) is 47.2 Å². The van der Waals surface area contributed by atoms with Crippen molar-refractivity contribution >= 4 is 11.0 Å². The van der Waals surface area contributed by atoms with Crippen molar-refractivity contribution in [1.82, 2.24) is 15.0 Å². The van der Waals surface area contributed by atoms with Gasteiger partial charge in [0.1, 0.15) is 11.4 Å². The highest BCUT2D eigenvalue weighted by Crippen LogP contribution is 2.32. The van der Waals surface area contributed by atoms with Crippen molar-refractivity contribution in [2.45, 2.75) is 20.8 Å². The van der Waals surface area contributed by atoms with Crippen LogP contribution in [-0.2, 0) is 0 Å². The van der Waals surface area contributed by atoms with E-state index in [1.54, 1.807) is 12.3 Å². The minimum atomic E-state index is -0.808. The molecule has 0 bridgehead atoms. The van der Waals surface area contributed by atoms with Gasteiger partial charge in [0.05, 0.1) is 5.39 Å². The van der Waals surface area contributed by atoms with Gasteiger partial charge in [0.2, 0.25) is 5.88 Å². The predicted molar refractivity (Wildman–Crippen MR) is 74.6 cm³/mol.